The fourth-order valence-corrected chi connectivity index (χ4v) is 6.72. The van der Waals surface area contributed by atoms with Gasteiger partial charge in [0.15, 0.2) is 4.34 Å². The zero-order valence-corrected chi connectivity index (χ0v) is 26.0. The first-order valence-electron chi connectivity index (χ1n) is 13.9. The summed E-state index contributed by atoms with van der Waals surface area (Å²) in [6.07, 6.45) is 1.94. The lowest BCUT2D eigenvalue weighted by molar-refractivity contribution is -0.132. The molecule has 0 spiro atoms. The number of benzene rings is 3. The minimum Gasteiger partial charge on any atom is -0.507 e. The van der Waals surface area contributed by atoms with Crippen LogP contribution in [0, 0.1) is 0 Å². The Hall–Kier alpha value is -3.86. The van der Waals surface area contributed by atoms with E-state index in [1.807, 2.05) is 31.2 Å². The van der Waals surface area contributed by atoms with Crippen LogP contribution in [-0.2, 0) is 15.3 Å². The van der Waals surface area contributed by atoms with Crippen LogP contribution < -0.4 is 14.4 Å². The van der Waals surface area contributed by atoms with Crippen molar-refractivity contribution in [2.24, 2.45) is 0 Å². The highest BCUT2D eigenvalue weighted by Gasteiger charge is 2.48. The van der Waals surface area contributed by atoms with Crippen molar-refractivity contribution in [2.75, 3.05) is 18.1 Å². The number of ketones is 1. The number of halogens is 1. The first-order chi connectivity index (χ1) is 20.9. The van der Waals surface area contributed by atoms with Crippen molar-refractivity contribution >= 4 is 57.3 Å². The molecular weight excluding hydrogens is 606 g/mol. The number of unbranched alkanes of at least 4 members (excludes halogenated alkanes) is 1. The molecule has 1 fully saturated rings. The summed E-state index contributed by atoms with van der Waals surface area (Å²) in [5.74, 6) is -0.00932. The number of Topliss-reactive ketones (excluding diaryl/α,β-unsaturated/α-hetero) is 1. The third-order valence-electron chi connectivity index (χ3n) is 6.76. The van der Waals surface area contributed by atoms with Gasteiger partial charge in [0.2, 0.25) is 5.13 Å². The van der Waals surface area contributed by atoms with E-state index in [1.54, 1.807) is 48.5 Å². The number of thioether (sulfide) groups is 1. The van der Waals surface area contributed by atoms with Gasteiger partial charge in [-0.3, -0.25) is 14.5 Å². The van der Waals surface area contributed by atoms with Crippen molar-refractivity contribution in [3.05, 3.63) is 100 Å². The van der Waals surface area contributed by atoms with Crippen molar-refractivity contribution in [3.8, 4) is 11.5 Å². The van der Waals surface area contributed by atoms with Crippen molar-refractivity contribution in [2.45, 2.75) is 42.8 Å². The van der Waals surface area contributed by atoms with Crippen LogP contribution in [0.15, 0.2) is 82.7 Å². The normalized spacial score (nSPS) is 16.1. The molecule has 1 aliphatic heterocycles. The van der Waals surface area contributed by atoms with E-state index in [-0.39, 0.29) is 16.5 Å². The van der Waals surface area contributed by atoms with Crippen LogP contribution in [0.25, 0.3) is 5.76 Å². The Labute approximate surface area is 263 Å². The Bertz CT molecular complexity index is 1620. The number of carbonyl (C=O) groups is 2. The van der Waals surface area contributed by atoms with Crippen LogP contribution in [0.1, 0.15) is 49.4 Å². The van der Waals surface area contributed by atoms with E-state index in [4.69, 9.17) is 21.1 Å². The van der Waals surface area contributed by atoms with Crippen LogP contribution in [0.3, 0.4) is 0 Å². The molecule has 1 amide bonds. The van der Waals surface area contributed by atoms with Crippen LogP contribution in [0.4, 0.5) is 5.13 Å². The third-order valence-corrected chi connectivity index (χ3v) is 9.23. The highest BCUT2D eigenvalue weighted by Crippen LogP contribution is 2.44. The summed E-state index contributed by atoms with van der Waals surface area (Å²) in [5.41, 5.74) is 1.92. The zero-order valence-electron chi connectivity index (χ0n) is 23.7. The lowest BCUT2D eigenvalue weighted by Crippen LogP contribution is -2.29. The molecule has 0 saturated carbocycles. The Morgan fingerprint density at radius 3 is 2.37 bits per heavy atom. The molecule has 0 aliphatic carbocycles. The molecule has 0 radical (unpaired) electrons. The Morgan fingerprint density at radius 1 is 0.977 bits per heavy atom. The van der Waals surface area contributed by atoms with E-state index in [9.17, 15) is 14.7 Å². The van der Waals surface area contributed by atoms with Gasteiger partial charge in [-0.15, -0.1) is 10.2 Å². The Kier molecular flexibility index (Phi) is 10.0. The zero-order chi connectivity index (χ0) is 30.3. The molecule has 1 aromatic heterocycles. The van der Waals surface area contributed by atoms with E-state index >= 15 is 0 Å². The van der Waals surface area contributed by atoms with Gasteiger partial charge < -0.3 is 14.6 Å². The molecule has 1 aliphatic rings. The van der Waals surface area contributed by atoms with Gasteiger partial charge in [-0.1, -0.05) is 78.4 Å². The average molecular weight is 636 g/mol. The largest absolute Gasteiger partial charge is 0.507 e. The maximum atomic E-state index is 13.5. The SMILES string of the molecule is CCCCOc1ccc(/C(O)=C2/C(=O)C(=O)N(c3nnc(SCc4ccccc4Cl)s3)C2c2ccc(OCC)cc2)cc1. The quantitative estimate of drug-likeness (QED) is 0.0422. The smallest absolute Gasteiger partial charge is 0.301 e. The number of anilines is 1. The summed E-state index contributed by atoms with van der Waals surface area (Å²) in [7, 11) is 0. The Morgan fingerprint density at radius 2 is 1.67 bits per heavy atom. The van der Waals surface area contributed by atoms with Crippen LogP contribution >= 0.6 is 34.7 Å². The third kappa shape index (κ3) is 6.87. The summed E-state index contributed by atoms with van der Waals surface area (Å²) >= 11 is 8.93. The molecule has 2 heterocycles. The fourth-order valence-electron chi connectivity index (χ4n) is 4.57. The molecule has 1 atom stereocenters. The van der Waals surface area contributed by atoms with Gasteiger partial charge in [0.05, 0.1) is 24.8 Å². The number of nitrogens with zero attached hydrogens (tertiary/aromatic N) is 3. The second kappa shape index (κ2) is 14.1. The number of aliphatic hydroxyl groups excluding tert-OH is 1. The minimum absolute atomic E-state index is 0.0331. The number of aliphatic hydroxyl groups is 1. The molecule has 1 saturated heterocycles. The number of aromatic nitrogens is 2. The number of ether oxygens (including phenoxy) is 2. The fraction of sp³-hybridized carbons (Fsp3) is 0.250. The predicted octanol–water partition coefficient (Wildman–Crippen LogP) is 7.69. The molecule has 1 N–H and O–H groups in total. The summed E-state index contributed by atoms with van der Waals surface area (Å²) in [6, 6.07) is 20.5. The van der Waals surface area contributed by atoms with E-state index in [0.717, 1.165) is 18.4 Å². The molecule has 5 rings (SSSR count). The number of carbonyl (C=O) groups excluding carboxylic acids is 2. The van der Waals surface area contributed by atoms with Gasteiger partial charge in [0.25, 0.3) is 5.78 Å². The first-order valence-corrected chi connectivity index (χ1v) is 16.1. The summed E-state index contributed by atoms with van der Waals surface area (Å²) in [5, 5.41) is 20.9. The highest BCUT2D eigenvalue weighted by molar-refractivity contribution is 8.00. The second-order valence-corrected chi connectivity index (χ2v) is 12.2. The molecule has 1 unspecified atom stereocenters. The minimum atomic E-state index is -0.925. The predicted molar refractivity (Wildman–Crippen MR) is 170 cm³/mol. The number of rotatable bonds is 12. The number of hydrogen-bond donors (Lipinski definition) is 1. The average Bonchev–Trinajstić information content (AvgIpc) is 3.59. The molecule has 0 bridgehead atoms. The van der Waals surface area contributed by atoms with Gasteiger partial charge in [0.1, 0.15) is 17.3 Å². The molecule has 8 nitrogen and oxygen atoms in total. The van der Waals surface area contributed by atoms with Gasteiger partial charge in [-0.05, 0) is 66.9 Å². The van der Waals surface area contributed by atoms with Crippen molar-refractivity contribution in [1.29, 1.82) is 0 Å². The summed E-state index contributed by atoms with van der Waals surface area (Å²) < 4.78 is 11.9. The maximum absolute atomic E-state index is 13.5. The van der Waals surface area contributed by atoms with Gasteiger partial charge in [0, 0.05) is 16.3 Å². The van der Waals surface area contributed by atoms with Gasteiger partial charge in [-0.2, -0.15) is 0 Å². The van der Waals surface area contributed by atoms with E-state index in [0.29, 0.717) is 51.0 Å². The highest BCUT2D eigenvalue weighted by atomic mass is 35.5. The van der Waals surface area contributed by atoms with Crippen LogP contribution in [0.2, 0.25) is 5.02 Å². The molecular formula is C32H30ClN3O5S2. The standard InChI is InChI=1S/C32H30ClN3O5S2/c1-3-5-18-41-24-16-12-21(13-17-24)28(37)26-27(20-10-14-23(15-11-20)40-4-2)36(30(39)29(26)38)31-34-35-32(43-31)42-19-22-8-6-7-9-25(22)33/h6-17,27,37H,3-5,18-19H2,1-2H3/b28-26-. The monoisotopic (exact) mass is 635 g/mol. The molecule has 11 heteroatoms. The molecule has 43 heavy (non-hydrogen) atoms. The lowest BCUT2D eigenvalue weighted by atomic mass is 9.95. The van der Waals surface area contributed by atoms with E-state index in [2.05, 4.69) is 17.1 Å². The van der Waals surface area contributed by atoms with Crippen LogP contribution in [0.5, 0.6) is 11.5 Å². The van der Waals surface area contributed by atoms with Crippen molar-refractivity contribution in [3.63, 3.8) is 0 Å². The maximum Gasteiger partial charge on any atom is 0.301 e. The van der Waals surface area contributed by atoms with E-state index in [1.165, 1.54) is 28.0 Å². The van der Waals surface area contributed by atoms with E-state index < -0.39 is 17.7 Å². The number of amides is 1. The van der Waals surface area contributed by atoms with Crippen molar-refractivity contribution < 1.29 is 24.2 Å². The van der Waals surface area contributed by atoms with Gasteiger partial charge in [-0.25, -0.2) is 0 Å². The second-order valence-electron chi connectivity index (χ2n) is 9.63. The molecule has 222 valence electrons. The molecule has 4 aromatic rings. The van der Waals surface area contributed by atoms with Crippen molar-refractivity contribution in [1.82, 2.24) is 10.2 Å². The summed E-state index contributed by atoms with van der Waals surface area (Å²) in [4.78, 5) is 28.4. The molecule has 3 aromatic carbocycles. The topological polar surface area (TPSA) is 102 Å². The number of hydrogen-bond acceptors (Lipinski definition) is 9. The Balaban J connectivity index is 1.50. The summed E-state index contributed by atoms with van der Waals surface area (Å²) in [6.45, 7) is 5.06. The van der Waals surface area contributed by atoms with Gasteiger partial charge >= 0.3 is 5.91 Å². The lowest BCUT2D eigenvalue weighted by Gasteiger charge is -2.22. The van der Waals surface area contributed by atoms with Crippen LogP contribution in [-0.4, -0.2) is 40.2 Å². The first kappa shape index (κ1) is 30.6.